The summed E-state index contributed by atoms with van der Waals surface area (Å²) in [5, 5.41) is 0. The van der Waals surface area contributed by atoms with Gasteiger partial charge < -0.3 is 28.4 Å². The fraction of sp³-hybridized carbons (Fsp3) is 0.414. The lowest BCUT2D eigenvalue weighted by Crippen LogP contribution is -2.49. The molecule has 0 aliphatic carbocycles. The maximum atomic E-state index is 13.5. The van der Waals surface area contributed by atoms with Crippen molar-refractivity contribution in [3.8, 4) is 17.2 Å². The van der Waals surface area contributed by atoms with Crippen LogP contribution in [0, 0.1) is 13.8 Å². The number of aryl methyl sites for hydroxylation is 2. The lowest BCUT2D eigenvalue weighted by atomic mass is 10.1. The largest absolute Gasteiger partial charge is 0.495 e. The molecule has 1 amide bonds. The standard InChI is InChI=1S/C29H37N3O7S/c1-20-17-24(21(2)39-20)29(33)32-15-13-31(14-16-32)25-19-23(8-10-26(25)36-4)40(34,35)30(3)12-11-22-7-9-27(37-5)28(18-22)38-6/h7-10,17-19H,11-16H2,1-6H3. The minimum Gasteiger partial charge on any atom is -0.495 e. The van der Waals surface area contributed by atoms with Crippen LogP contribution >= 0.6 is 0 Å². The number of carbonyl (C=O) groups is 1. The summed E-state index contributed by atoms with van der Waals surface area (Å²) in [7, 11) is 2.51. The molecule has 0 unspecified atom stereocenters. The van der Waals surface area contributed by atoms with E-state index in [4.69, 9.17) is 18.6 Å². The molecule has 0 N–H and O–H groups in total. The molecule has 1 aromatic heterocycles. The minimum atomic E-state index is -3.77. The van der Waals surface area contributed by atoms with Gasteiger partial charge in [-0.1, -0.05) is 6.07 Å². The number of ether oxygens (including phenoxy) is 3. The smallest absolute Gasteiger partial charge is 0.257 e. The first-order chi connectivity index (χ1) is 19.1. The highest BCUT2D eigenvalue weighted by Gasteiger charge is 2.28. The van der Waals surface area contributed by atoms with E-state index in [9.17, 15) is 13.2 Å². The van der Waals surface area contributed by atoms with E-state index >= 15 is 0 Å². The van der Waals surface area contributed by atoms with Crippen molar-refractivity contribution in [2.45, 2.75) is 25.2 Å². The Bertz CT molecular complexity index is 1460. The van der Waals surface area contributed by atoms with Crippen LogP contribution in [0.3, 0.4) is 0 Å². The van der Waals surface area contributed by atoms with Crippen molar-refractivity contribution in [1.29, 1.82) is 0 Å². The van der Waals surface area contributed by atoms with Gasteiger partial charge in [-0.25, -0.2) is 12.7 Å². The molecular formula is C29H37N3O7S. The van der Waals surface area contributed by atoms with Crippen molar-refractivity contribution >= 4 is 21.6 Å². The second-order valence-corrected chi connectivity index (χ2v) is 11.8. The SMILES string of the molecule is COc1ccc(CCN(C)S(=O)(=O)c2ccc(OC)c(N3CCN(C(=O)c4cc(C)oc4C)CC3)c2)cc1OC. The third-order valence-corrected chi connectivity index (χ3v) is 9.05. The summed E-state index contributed by atoms with van der Waals surface area (Å²) >= 11 is 0. The number of anilines is 1. The molecule has 40 heavy (non-hydrogen) atoms. The van der Waals surface area contributed by atoms with Crippen LogP contribution in [0.2, 0.25) is 0 Å². The van der Waals surface area contributed by atoms with Gasteiger partial charge in [-0.2, -0.15) is 0 Å². The minimum absolute atomic E-state index is 0.0617. The number of carbonyl (C=O) groups excluding carboxylic acids is 1. The highest BCUT2D eigenvalue weighted by Crippen LogP contribution is 2.33. The molecule has 0 bridgehead atoms. The van der Waals surface area contributed by atoms with Crippen LogP contribution in [0.25, 0.3) is 0 Å². The average molecular weight is 572 g/mol. The third kappa shape index (κ3) is 6.05. The lowest BCUT2D eigenvalue weighted by molar-refractivity contribution is 0.0745. The van der Waals surface area contributed by atoms with Gasteiger partial charge in [0.15, 0.2) is 11.5 Å². The summed E-state index contributed by atoms with van der Waals surface area (Å²) in [5.41, 5.74) is 2.19. The van der Waals surface area contributed by atoms with E-state index in [-0.39, 0.29) is 17.3 Å². The van der Waals surface area contributed by atoms with Gasteiger partial charge in [0.25, 0.3) is 5.91 Å². The highest BCUT2D eigenvalue weighted by molar-refractivity contribution is 7.89. The molecule has 1 fully saturated rings. The molecule has 0 spiro atoms. The fourth-order valence-corrected chi connectivity index (χ4v) is 6.06. The van der Waals surface area contributed by atoms with Gasteiger partial charge in [0.05, 0.1) is 37.5 Å². The first-order valence-electron chi connectivity index (χ1n) is 13.1. The summed E-state index contributed by atoms with van der Waals surface area (Å²) in [6.45, 7) is 5.96. The van der Waals surface area contributed by atoms with Gasteiger partial charge in [-0.05, 0) is 62.2 Å². The van der Waals surface area contributed by atoms with E-state index in [2.05, 4.69) is 4.90 Å². The molecule has 4 rings (SSSR count). The van der Waals surface area contributed by atoms with Crippen molar-refractivity contribution in [1.82, 2.24) is 9.21 Å². The van der Waals surface area contributed by atoms with E-state index in [0.717, 1.165) is 5.56 Å². The number of nitrogens with zero attached hydrogens (tertiary/aromatic N) is 3. The van der Waals surface area contributed by atoms with Crippen molar-refractivity contribution in [2.24, 2.45) is 0 Å². The van der Waals surface area contributed by atoms with Crippen LogP contribution in [-0.4, -0.2) is 84.6 Å². The van der Waals surface area contributed by atoms with Gasteiger partial charge in [0.1, 0.15) is 17.3 Å². The molecule has 1 aliphatic rings. The Balaban J connectivity index is 1.46. The van der Waals surface area contributed by atoms with Gasteiger partial charge in [-0.3, -0.25) is 4.79 Å². The van der Waals surface area contributed by atoms with Crippen molar-refractivity contribution in [3.05, 3.63) is 65.1 Å². The Kier molecular flexibility index (Phi) is 8.95. The number of likely N-dealkylation sites (N-methyl/N-ethyl adjacent to an activating group) is 1. The molecule has 1 aliphatic heterocycles. The summed E-state index contributed by atoms with van der Waals surface area (Å²) in [6.07, 6.45) is 0.505. The zero-order valence-electron chi connectivity index (χ0n) is 23.9. The predicted octanol–water partition coefficient (Wildman–Crippen LogP) is 3.75. The van der Waals surface area contributed by atoms with Crippen molar-refractivity contribution in [3.63, 3.8) is 0 Å². The Labute approximate surface area is 236 Å². The summed E-state index contributed by atoms with van der Waals surface area (Å²) in [5.74, 6) is 3.05. The van der Waals surface area contributed by atoms with E-state index in [1.165, 1.54) is 4.31 Å². The maximum absolute atomic E-state index is 13.5. The van der Waals surface area contributed by atoms with Crippen LogP contribution in [0.1, 0.15) is 27.4 Å². The first kappa shape index (κ1) is 29.3. The molecule has 0 saturated carbocycles. The van der Waals surface area contributed by atoms with Crippen LogP contribution in [-0.2, 0) is 16.4 Å². The number of hydrogen-bond acceptors (Lipinski definition) is 8. The van der Waals surface area contributed by atoms with Crippen LogP contribution < -0.4 is 19.1 Å². The van der Waals surface area contributed by atoms with Gasteiger partial charge in [0.2, 0.25) is 10.0 Å². The van der Waals surface area contributed by atoms with E-state index in [1.54, 1.807) is 64.5 Å². The molecule has 2 heterocycles. The summed E-state index contributed by atoms with van der Waals surface area (Å²) in [6, 6.07) is 12.2. The molecule has 2 aromatic carbocycles. The zero-order valence-corrected chi connectivity index (χ0v) is 24.7. The second kappa shape index (κ2) is 12.2. The zero-order chi connectivity index (χ0) is 29.0. The van der Waals surface area contributed by atoms with Crippen molar-refractivity contribution in [2.75, 3.05) is 66.0 Å². The quantitative estimate of drug-likeness (QED) is 0.363. The second-order valence-electron chi connectivity index (χ2n) is 9.71. The molecule has 11 heteroatoms. The lowest BCUT2D eigenvalue weighted by Gasteiger charge is -2.36. The summed E-state index contributed by atoms with van der Waals surface area (Å²) in [4.78, 5) is 17.0. The number of furan rings is 1. The number of rotatable bonds is 10. The topological polar surface area (TPSA) is 102 Å². The number of amides is 1. The van der Waals surface area contributed by atoms with Gasteiger partial charge in [0, 0.05) is 39.8 Å². The average Bonchev–Trinajstić information content (AvgIpc) is 3.32. The van der Waals surface area contributed by atoms with Gasteiger partial charge in [-0.15, -0.1) is 0 Å². The summed E-state index contributed by atoms with van der Waals surface area (Å²) < 4.78 is 50.1. The molecule has 216 valence electrons. The Morgan fingerprint density at radius 3 is 2.15 bits per heavy atom. The normalized spacial score (nSPS) is 14.0. The molecule has 3 aromatic rings. The predicted molar refractivity (Wildman–Crippen MR) is 152 cm³/mol. The first-order valence-corrected chi connectivity index (χ1v) is 14.5. The molecule has 0 atom stereocenters. The highest BCUT2D eigenvalue weighted by atomic mass is 32.2. The number of hydrogen-bond donors (Lipinski definition) is 0. The third-order valence-electron chi connectivity index (χ3n) is 7.20. The fourth-order valence-electron chi connectivity index (χ4n) is 4.86. The number of sulfonamides is 1. The number of benzene rings is 2. The molecule has 10 nitrogen and oxygen atoms in total. The maximum Gasteiger partial charge on any atom is 0.257 e. The van der Waals surface area contributed by atoms with E-state index in [1.807, 2.05) is 25.1 Å². The molecule has 1 saturated heterocycles. The van der Waals surface area contributed by atoms with Crippen molar-refractivity contribution < 1.29 is 31.8 Å². The number of piperazine rings is 1. The van der Waals surface area contributed by atoms with Crippen LogP contribution in [0.5, 0.6) is 17.2 Å². The molecule has 0 radical (unpaired) electrons. The number of methoxy groups -OCH3 is 3. The Hall–Kier alpha value is -3.70. The Morgan fingerprint density at radius 2 is 1.55 bits per heavy atom. The van der Waals surface area contributed by atoms with Crippen LogP contribution in [0.4, 0.5) is 5.69 Å². The van der Waals surface area contributed by atoms with Gasteiger partial charge >= 0.3 is 0 Å². The Morgan fingerprint density at radius 1 is 0.900 bits per heavy atom. The van der Waals surface area contributed by atoms with Crippen LogP contribution in [0.15, 0.2) is 51.8 Å². The monoisotopic (exact) mass is 571 g/mol. The molecular weight excluding hydrogens is 534 g/mol. The van der Waals surface area contributed by atoms with E-state index in [0.29, 0.717) is 72.6 Å². The van der Waals surface area contributed by atoms with E-state index < -0.39 is 10.0 Å².